The molecule has 0 unspecified atom stereocenters. The molecule has 1 aromatic heterocycles. The Balaban J connectivity index is 1.50. The lowest BCUT2D eigenvalue weighted by Crippen LogP contribution is -2.46. The Morgan fingerprint density at radius 3 is 2.50 bits per heavy atom. The summed E-state index contributed by atoms with van der Waals surface area (Å²) in [7, 11) is 0. The van der Waals surface area contributed by atoms with Gasteiger partial charge in [-0.05, 0) is 55.6 Å². The number of anilines is 1. The van der Waals surface area contributed by atoms with Crippen molar-refractivity contribution in [3.63, 3.8) is 0 Å². The summed E-state index contributed by atoms with van der Waals surface area (Å²) in [6, 6.07) is 16.7. The molecule has 7 heteroatoms. The number of carbonyl (C=O) groups is 2. The number of piperidine rings is 1. The molecule has 0 spiro atoms. The van der Waals surface area contributed by atoms with Gasteiger partial charge in [0, 0.05) is 61.4 Å². The van der Waals surface area contributed by atoms with Crippen molar-refractivity contribution in [2.75, 3.05) is 25.0 Å². The summed E-state index contributed by atoms with van der Waals surface area (Å²) in [6.07, 6.45) is 2.78. The van der Waals surface area contributed by atoms with Gasteiger partial charge in [-0.3, -0.25) is 14.5 Å². The van der Waals surface area contributed by atoms with E-state index in [1.807, 2.05) is 47.4 Å². The topological polar surface area (TPSA) is 82.9 Å². The number of carbonyl (C=O) groups excluding carboxylic acids is 2. The van der Waals surface area contributed by atoms with E-state index in [1.165, 1.54) is 6.92 Å². The Kier molecular flexibility index (Phi) is 7.43. The summed E-state index contributed by atoms with van der Waals surface area (Å²) in [5.74, 6) is -0.0909. The van der Waals surface area contributed by atoms with Gasteiger partial charge >= 0.3 is 5.63 Å². The molecule has 0 bridgehead atoms. The van der Waals surface area contributed by atoms with E-state index in [4.69, 9.17) is 4.42 Å². The lowest BCUT2D eigenvalue weighted by atomic mass is 10.00. The first kappa shape index (κ1) is 23.7. The molecule has 7 nitrogen and oxygen atoms in total. The Hall–Kier alpha value is -3.45. The molecule has 34 heavy (non-hydrogen) atoms. The number of rotatable bonds is 7. The number of likely N-dealkylation sites (tertiary alicyclic amines) is 1. The average Bonchev–Trinajstić information content (AvgIpc) is 2.83. The van der Waals surface area contributed by atoms with Gasteiger partial charge in [0.05, 0.1) is 0 Å². The van der Waals surface area contributed by atoms with Crippen molar-refractivity contribution in [2.45, 2.75) is 45.7 Å². The molecular weight excluding hydrogens is 430 g/mol. The van der Waals surface area contributed by atoms with E-state index in [2.05, 4.69) is 17.1 Å². The molecule has 1 fully saturated rings. The molecule has 1 saturated heterocycles. The van der Waals surface area contributed by atoms with Crippen molar-refractivity contribution < 1.29 is 14.0 Å². The van der Waals surface area contributed by atoms with E-state index in [0.29, 0.717) is 23.9 Å². The Labute approximate surface area is 199 Å². The summed E-state index contributed by atoms with van der Waals surface area (Å²) in [5, 5.41) is 3.60. The van der Waals surface area contributed by atoms with Crippen LogP contribution in [0.2, 0.25) is 0 Å². The van der Waals surface area contributed by atoms with Crippen molar-refractivity contribution in [1.29, 1.82) is 0 Å². The highest BCUT2D eigenvalue weighted by Gasteiger charge is 2.27. The third kappa shape index (κ3) is 5.54. The van der Waals surface area contributed by atoms with Crippen molar-refractivity contribution in [2.24, 2.45) is 0 Å². The van der Waals surface area contributed by atoms with E-state index >= 15 is 0 Å². The number of hydrogen-bond acceptors (Lipinski definition) is 5. The molecule has 1 N–H and O–H groups in total. The molecule has 0 atom stereocenters. The molecule has 0 saturated carbocycles. The molecule has 2 heterocycles. The minimum absolute atomic E-state index is 0.0859. The summed E-state index contributed by atoms with van der Waals surface area (Å²) in [6.45, 7) is 6.57. The summed E-state index contributed by atoms with van der Waals surface area (Å²) in [5.41, 5.74) is 2.31. The third-order valence-electron chi connectivity index (χ3n) is 6.32. The molecule has 0 aliphatic carbocycles. The monoisotopic (exact) mass is 461 g/mol. The predicted octanol–water partition coefficient (Wildman–Crippen LogP) is 4.27. The maximum absolute atomic E-state index is 12.8. The number of nitrogens with zero attached hydrogens (tertiary/aromatic N) is 2. The molecule has 2 aromatic carbocycles. The first-order valence-corrected chi connectivity index (χ1v) is 11.9. The number of fused-ring (bicyclic) bond motifs is 1. The normalized spacial score (nSPS) is 14.5. The zero-order valence-corrected chi connectivity index (χ0v) is 19.8. The van der Waals surface area contributed by atoms with Crippen LogP contribution in [0.25, 0.3) is 11.0 Å². The highest BCUT2D eigenvalue weighted by molar-refractivity contribution is 5.94. The Morgan fingerprint density at radius 1 is 1.09 bits per heavy atom. The molecule has 1 aliphatic heterocycles. The van der Waals surface area contributed by atoms with Crippen LogP contribution in [0.5, 0.6) is 0 Å². The maximum Gasteiger partial charge on any atom is 0.336 e. The van der Waals surface area contributed by atoms with E-state index < -0.39 is 5.63 Å². The minimum Gasteiger partial charge on any atom is -0.423 e. The van der Waals surface area contributed by atoms with Crippen LogP contribution in [0.1, 0.15) is 49.0 Å². The van der Waals surface area contributed by atoms with Crippen LogP contribution in [-0.4, -0.2) is 47.3 Å². The molecule has 4 rings (SSSR count). The smallest absolute Gasteiger partial charge is 0.336 e. The first-order chi connectivity index (χ1) is 16.4. The van der Waals surface area contributed by atoms with Crippen LogP contribution in [0.4, 0.5) is 5.69 Å². The van der Waals surface area contributed by atoms with Crippen LogP contribution < -0.4 is 10.9 Å². The zero-order chi connectivity index (χ0) is 24.1. The highest BCUT2D eigenvalue weighted by Crippen LogP contribution is 2.25. The van der Waals surface area contributed by atoms with Gasteiger partial charge in [0.25, 0.3) is 5.91 Å². The fourth-order valence-electron chi connectivity index (χ4n) is 4.74. The van der Waals surface area contributed by atoms with Crippen molar-refractivity contribution in [1.82, 2.24) is 9.80 Å². The second kappa shape index (κ2) is 10.7. The SMILES string of the molecule is CCCN(Cc1cc(=O)oc2cc(NC(C)=O)ccc12)C1CCN(C(=O)c2ccccc2)CC1. The van der Waals surface area contributed by atoms with E-state index in [9.17, 15) is 14.4 Å². The largest absolute Gasteiger partial charge is 0.423 e. The molecule has 1 aliphatic rings. The van der Waals surface area contributed by atoms with Gasteiger partial charge in [-0.1, -0.05) is 25.1 Å². The lowest BCUT2D eigenvalue weighted by Gasteiger charge is -2.38. The van der Waals surface area contributed by atoms with Gasteiger partial charge in [0.15, 0.2) is 0 Å². The molecule has 3 aromatic rings. The van der Waals surface area contributed by atoms with E-state index in [0.717, 1.165) is 55.4 Å². The molecule has 178 valence electrons. The summed E-state index contributed by atoms with van der Waals surface area (Å²) >= 11 is 0. The Bertz CT molecular complexity index is 1210. The van der Waals surface area contributed by atoms with Gasteiger partial charge in [-0.25, -0.2) is 4.79 Å². The van der Waals surface area contributed by atoms with Crippen molar-refractivity contribution in [3.05, 3.63) is 76.1 Å². The van der Waals surface area contributed by atoms with Gasteiger partial charge in [0.1, 0.15) is 5.58 Å². The number of nitrogens with one attached hydrogen (secondary N) is 1. The van der Waals surface area contributed by atoms with Crippen LogP contribution >= 0.6 is 0 Å². The number of benzene rings is 2. The second-order valence-corrected chi connectivity index (χ2v) is 8.84. The fraction of sp³-hybridized carbons (Fsp3) is 0.370. The minimum atomic E-state index is -0.401. The quantitative estimate of drug-likeness (QED) is 0.532. The zero-order valence-electron chi connectivity index (χ0n) is 19.8. The van der Waals surface area contributed by atoms with Crippen molar-refractivity contribution in [3.8, 4) is 0 Å². The van der Waals surface area contributed by atoms with Crippen LogP contribution in [0.15, 0.2) is 63.8 Å². The summed E-state index contributed by atoms with van der Waals surface area (Å²) < 4.78 is 5.42. The second-order valence-electron chi connectivity index (χ2n) is 8.84. The predicted molar refractivity (Wildman–Crippen MR) is 133 cm³/mol. The standard InChI is InChI=1S/C27H31N3O4/c1-3-13-30(23-11-14-29(15-12-23)27(33)20-7-5-4-6-8-20)18-21-16-26(32)34-25-17-22(28-19(2)31)9-10-24(21)25/h4-10,16-17,23H,3,11-15,18H2,1-2H3,(H,28,31). The highest BCUT2D eigenvalue weighted by atomic mass is 16.4. The average molecular weight is 462 g/mol. The maximum atomic E-state index is 12.8. The van der Waals surface area contributed by atoms with Crippen LogP contribution in [0.3, 0.4) is 0 Å². The van der Waals surface area contributed by atoms with Crippen molar-refractivity contribution >= 4 is 28.5 Å². The third-order valence-corrected chi connectivity index (χ3v) is 6.32. The van der Waals surface area contributed by atoms with E-state index in [-0.39, 0.29) is 11.8 Å². The fourth-order valence-corrected chi connectivity index (χ4v) is 4.74. The molecule has 2 amide bonds. The van der Waals surface area contributed by atoms with Gasteiger partial charge in [0.2, 0.25) is 5.91 Å². The number of hydrogen-bond donors (Lipinski definition) is 1. The van der Waals surface area contributed by atoms with Gasteiger partial charge < -0.3 is 14.6 Å². The number of amides is 2. The molecule has 0 radical (unpaired) electrons. The summed E-state index contributed by atoms with van der Waals surface area (Å²) in [4.78, 5) is 40.8. The Morgan fingerprint density at radius 2 is 1.82 bits per heavy atom. The lowest BCUT2D eigenvalue weighted by molar-refractivity contribution is -0.114. The van der Waals surface area contributed by atoms with Crippen LogP contribution in [0, 0.1) is 0 Å². The van der Waals surface area contributed by atoms with Gasteiger partial charge in [-0.2, -0.15) is 0 Å². The molecular formula is C27H31N3O4. The van der Waals surface area contributed by atoms with Gasteiger partial charge in [-0.15, -0.1) is 0 Å². The first-order valence-electron chi connectivity index (χ1n) is 11.9. The van der Waals surface area contributed by atoms with E-state index in [1.54, 1.807) is 12.1 Å². The van der Waals surface area contributed by atoms with Crippen LogP contribution in [-0.2, 0) is 11.3 Å².